The summed E-state index contributed by atoms with van der Waals surface area (Å²) in [5.74, 6) is -3.20. The molecule has 2 heterocycles. The van der Waals surface area contributed by atoms with Gasteiger partial charge in [-0.15, -0.1) is 0 Å². The van der Waals surface area contributed by atoms with Crippen LogP contribution in [0.1, 0.15) is 0 Å². The number of aromatic nitrogens is 4. The van der Waals surface area contributed by atoms with Crippen LogP contribution in [0.4, 0.5) is 0 Å². The quantitative estimate of drug-likeness (QED) is 0.349. The second-order valence-corrected chi connectivity index (χ2v) is 4.05. The van der Waals surface area contributed by atoms with Crippen LogP contribution in [0.3, 0.4) is 0 Å². The van der Waals surface area contributed by atoms with Crippen molar-refractivity contribution >= 4 is 11.9 Å². The number of carbonyl (C=O) groups is 2. The van der Waals surface area contributed by atoms with E-state index in [0.29, 0.717) is 12.2 Å². The summed E-state index contributed by atoms with van der Waals surface area (Å²) in [6.45, 7) is 0. The maximum Gasteiger partial charge on any atom is 0.336 e. The molecule has 0 amide bonds. The first kappa shape index (κ1) is 16.4. The second-order valence-electron chi connectivity index (χ2n) is 4.05. The van der Waals surface area contributed by atoms with E-state index in [4.69, 9.17) is 0 Å². The Morgan fingerprint density at radius 1 is 0.750 bits per heavy atom. The average molecular weight is 336 g/mol. The Hall–Kier alpha value is -3.96. The first-order valence-corrected chi connectivity index (χ1v) is 6.11. The minimum absolute atomic E-state index is 0.491. The maximum absolute atomic E-state index is 11.4. The molecule has 4 N–H and O–H groups in total. The number of carbonyl (C=O) groups excluding carboxylic acids is 2. The van der Waals surface area contributed by atoms with Crippen molar-refractivity contribution in [2.24, 2.45) is 0 Å². The Morgan fingerprint density at radius 3 is 1.46 bits per heavy atom. The molecule has 2 aromatic rings. The van der Waals surface area contributed by atoms with Crippen molar-refractivity contribution in [1.82, 2.24) is 19.9 Å². The fourth-order valence-electron chi connectivity index (χ4n) is 1.37. The molecule has 0 saturated carbocycles. The summed E-state index contributed by atoms with van der Waals surface area (Å²) in [4.78, 5) is 74.8. The predicted molar refractivity (Wildman–Crippen MR) is 75.8 cm³/mol. The summed E-state index contributed by atoms with van der Waals surface area (Å²) in [6, 6.07) is 0. The zero-order valence-electron chi connectivity index (χ0n) is 11.6. The van der Waals surface area contributed by atoms with Gasteiger partial charge in [0.2, 0.25) is 11.5 Å². The second kappa shape index (κ2) is 6.87. The molecule has 0 aromatic carbocycles. The number of ether oxygens (including phenoxy) is 2. The monoisotopic (exact) mass is 336 g/mol. The van der Waals surface area contributed by atoms with E-state index in [2.05, 4.69) is 19.4 Å². The zero-order valence-corrected chi connectivity index (χ0v) is 11.6. The van der Waals surface area contributed by atoms with Crippen LogP contribution in [0.25, 0.3) is 0 Å². The van der Waals surface area contributed by atoms with Crippen LogP contribution in [0, 0.1) is 0 Å². The highest BCUT2D eigenvalue weighted by atomic mass is 16.5. The van der Waals surface area contributed by atoms with Crippen molar-refractivity contribution in [3.8, 4) is 11.5 Å². The topological polar surface area (TPSA) is 184 Å². The number of nitrogens with one attached hydrogen (secondary N) is 4. The van der Waals surface area contributed by atoms with Gasteiger partial charge in [0.25, 0.3) is 11.1 Å². The highest BCUT2D eigenvalue weighted by Crippen LogP contribution is 1.99. The van der Waals surface area contributed by atoms with Crippen LogP contribution in [-0.2, 0) is 9.59 Å². The number of aromatic amines is 4. The highest BCUT2D eigenvalue weighted by molar-refractivity contribution is 5.93. The first-order chi connectivity index (χ1) is 11.3. The molecule has 0 radical (unpaired) electrons. The molecule has 2 aromatic heterocycles. The molecule has 0 aliphatic rings. The normalized spacial score (nSPS) is 10.5. The first-order valence-electron chi connectivity index (χ1n) is 6.11. The molecular formula is C12H8N4O8. The Bertz CT molecular complexity index is 954. The zero-order chi connectivity index (χ0) is 17.7. The minimum atomic E-state index is -1.11. The van der Waals surface area contributed by atoms with E-state index in [-0.39, 0.29) is 0 Å². The highest BCUT2D eigenvalue weighted by Gasteiger charge is 2.09. The van der Waals surface area contributed by atoms with Crippen molar-refractivity contribution in [2.75, 3.05) is 0 Å². The van der Waals surface area contributed by atoms with Crippen molar-refractivity contribution < 1.29 is 19.1 Å². The summed E-state index contributed by atoms with van der Waals surface area (Å²) < 4.78 is 9.15. The van der Waals surface area contributed by atoms with Gasteiger partial charge in [-0.1, -0.05) is 0 Å². The molecule has 0 atom stereocenters. The molecule has 12 nitrogen and oxygen atoms in total. The van der Waals surface area contributed by atoms with Crippen LogP contribution in [-0.4, -0.2) is 31.9 Å². The van der Waals surface area contributed by atoms with E-state index >= 15 is 0 Å². The third kappa shape index (κ3) is 4.27. The van der Waals surface area contributed by atoms with Crippen molar-refractivity contribution in [3.05, 3.63) is 66.2 Å². The fraction of sp³-hybridized carbons (Fsp3) is 0. The molecule has 124 valence electrons. The number of rotatable bonds is 4. The van der Waals surface area contributed by atoms with Gasteiger partial charge < -0.3 is 19.4 Å². The van der Waals surface area contributed by atoms with E-state index in [0.717, 1.165) is 12.4 Å². The van der Waals surface area contributed by atoms with Crippen LogP contribution in [0.2, 0.25) is 0 Å². The van der Waals surface area contributed by atoms with Crippen LogP contribution in [0.5, 0.6) is 11.5 Å². The van der Waals surface area contributed by atoms with Crippen molar-refractivity contribution in [3.63, 3.8) is 0 Å². The largest absolute Gasteiger partial charge is 0.416 e. The van der Waals surface area contributed by atoms with Crippen molar-refractivity contribution in [2.45, 2.75) is 0 Å². The van der Waals surface area contributed by atoms with Gasteiger partial charge in [-0.2, -0.15) is 0 Å². The molecule has 0 unspecified atom stereocenters. The summed E-state index contributed by atoms with van der Waals surface area (Å²) in [5.41, 5.74) is -3.46. The molecule has 0 aliphatic heterocycles. The smallest absolute Gasteiger partial charge is 0.336 e. The summed E-state index contributed by atoms with van der Waals surface area (Å²) in [5, 5.41) is 0. The van der Waals surface area contributed by atoms with E-state index in [1.165, 1.54) is 0 Å². The molecule has 0 aliphatic carbocycles. The third-order valence-electron chi connectivity index (χ3n) is 2.35. The van der Waals surface area contributed by atoms with Gasteiger partial charge in [0.15, 0.2) is 0 Å². The lowest BCUT2D eigenvalue weighted by atomic mass is 10.5. The molecule has 2 rings (SSSR count). The lowest BCUT2D eigenvalue weighted by Gasteiger charge is -1.99. The standard InChI is InChI=1S/C12H8N4O8/c17-7(23-5-3-13-11(21)15-9(5)19)1-2-8(18)24-6-4-14-12(22)16-10(6)20/h1-4H,(H2,13,15,19,21)(H2,14,16,20,22)/b2-1+. The molecule has 0 fully saturated rings. The number of esters is 2. The van der Waals surface area contributed by atoms with Gasteiger partial charge >= 0.3 is 23.3 Å². The average Bonchev–Trinajstić information content (AvgIpc) is 2.51. The SMILES string of the molecule is O=C(/C=C/C(=O)Oc1c[nH]c(=O)[nH]c1=O)Oc1c[nH]c(=O)[nH]c1=O. The number of hydrogen-bond donors (Lipinski definition) is 4. The van der Waals surface area contributed by atoms with Gasteiger partial charge in [0, 0.05) is 12.2 Å². The predicted octanol–water partition coefficient (Wildman–Crippen LogP) is -2.49. The van der Waals surface area contributed by atoms with Gasteiger partial charge in [-0.05, 0) is 0 Å². The Morgan fingerprint density at radius 2 is 1.12 bits per heavy atom. The number of hydrogen-bond acceptors (Lipinski definition) is 8. The molecule has 0 saturated heterocycles. The molecule has 24 heavy (non-hydrogen) atoms. The minimum Gasteiger partial charge on any atom is -0.416 e. The Balaban J connectivity index is 2.01. The Kier molecular flexibility index (Phi) is 4.70. The fourth-order valence-corrected chi connectivity index (χ4v) is 1.37. The molecule has 12 heteroatoms. The summed E-state index contributed by atoms with van der Waals surface area (Å²) in [7, 11) is 0. The van der Waals surface area contributed by atoms with E-state index in [1.807, 2.05) is 9.97 Å². The van der Waals surface area contributed by atoms with Crippen LogP contribution < -0.4 is 32.0 Å². The van der Waals surface area contributed by atoms with Gasteiger partial charge in [0.1, 0.15) is 0 Å². The third-order valence-corrected chi connectivity index (χ3v) is 2.35. The summed E-state index contributed by atoms with van der Waals surface area (Å²) in [6.07, 6.45) is 3.00. The number of H-pyrrole nitrogens is 4. The summed E-state index contributed by atoms with van der Waals surface area (Å²) >= 11 is 0. The molecule has 0 spiro atoms. The van der Waals surface area contributed by atoms with E-state index < -0.39 is 45.9 Å². The molecule has 0 bridgehead atoms. The van der Waals surface area contributed by atoms with E-state index in [9.17, 15) is 28.8 Å². The van der Waals surface area contributed by atoms with Crippen molar-refractivity contribution in [1.29, 1.82) is 0 Å². The van der Waals surface area contributed by atoms with Crippen LogP contribution >= 0.6 is 0 Å². The van der Waals surface area contributed by atoms with Gasteiger partial charge in [-0.25, -0.2) is 19.2 Å². The molecular weight excluding hydrogens is 328 g/mol. The van der Waals surface area contributed by atoms with E-state index in [1.54, 1.807) is 0 Å². The van der Waals surface area contributed by atoms with Crippen LogP contribution in [0.15, 0.2) is 43.7 Å². The Labute approximate surface area is 129 Å². The van der Waals surface area contributed by atoms with Gasteiger partial charge in [0.05, 0.1) is 12.4 Å². The van der Waals surface area contributed by atoms with Gasteiger partial charge in [-0.3, -0.25) is 19.6 Å². The lowest BCUT2D eigenvalue weighted by Crippen LogP contribution is -2.24. The maximum atomic E-state index is 11.4. The lowest BCUT2D eigenvalue weighted by molar-refractivity contribution is -0.131.